The Morgan fingerprint density at radius 3 is 2.80 bits per heavy atom. The van der Waals surface area contributed by atoms with Crippen molar-refractivity contribution in [1.29, 1.82) is 0 Å². The normalized spacial score (nSPS) is 10.9. The Labute approximate surface area is 151 Å². The van der Waals surface area contributed by atoms with Crippen LogP contribution in [-0.4, -0.2) is 25.8 Å². The highest BCUT2D eigenvalue weighted by Gasteiger charge is 2.10. The molecule has 0 saturated carbocycles. The van der Waals surface area contributed by atoms with Crippen LogP contribution < -0.4 is 10.6 Å². The van der Waals surface area contributed by atoms with Crippen molar-refractivity contribution < 1.29 is 4.79 Å². The van der Waals surface area contributed by atoms with Gasteiger partial charge < -0.3 is 10.6 Å². The zero-order valence-electron chi connectivity index (χ0n) is 13.0. The molecule has 0 aromatic carbocycles. The minimum Gasteiger partial charge on any atom is -0.333 e. The fourth-order valence-corrected chi connectivity index (χ4v) is 3.60. The number of hydrogen-bond acceptors (Lipinski definition) is 6. The number of rotatable bonds is 5. The van der Waals surface area contributed by atoms with Crippen molar-refractivity contribution in [2.75, 3.05) is 0 Å². The fourth-order valence-electron chi connectivity index (χ4n) is 2.31. The van der Waals surface area contributed by atoms with E-state index in [1.807, 2.05) is 46.5 Å². The Kier molecular flexibility index (Phi) is 4.40. The molecule has 4 aromatic heterocycles. The summed E-state index contributed by atoms with van der Waals surface area (Å²) in [6.07, 6.45) is 0. The predicted octanol–water partition coefficient (Wildman–Crippen LogP) is 2.91. The third-order valence-electron chi connectivity index (χ3n) is 3.55. The summed E-state index contributed by atoms with van der Waals surface area (Å²) in [5.41, 5.74) is 2.54. The Hall–Kier alpha value is -2.78. The highest BCUT2D eigenvalue weighted by molar-refractivity contribution is 7.09. The molecule has 126 valence electrons. The van der Waals surface area contributed by atoms with Crippen molar-refractivity contribution in [3.05, 3.63) is 57.2 Å². The van der Waals surface area contributed by atoms with Gasteiger partial charge in [-0.1, -0.05) is 6.07 Å². The lowest BCUT2D eigenvalue weighted by atomic mass is 10.2. The molecule has 25 heavy (non-hydrogen) atoms. The maximum absolute atomic E-state index is 11.9. The maximum atomic E-state index is 11.9. The summed E-state index contributed by atoms with van der Waals surface area (Å²) in [6, 6.07) is 9.48. The van der Waals surface area contributed by atoms with E-state index >= 15 is 0 Å². The lowest BCUT2D eigenvalue weighted by Gasteiger charge is -2.06. The highest BCUT2D eigenvalue weighted by atomic mass is 32.1. The topological polar surface area (TPSA) is 84.2 Å². The average molecular weight is 370 g/mol. The predicted molar refractivity (Wildman–Crippen MR) is 97.5 cm³/mol. The second-order valence-electron chi connectivity index (χ2n) is 5.23. The first-order valence-corrected chi connectivity index (χ1v) is 9.40. The van der Waals surface area contributed by atoms with E-state index in [1.165, 1.54) is 0 Å². The molecule has 2 N–H and O–H groups in total. The van der Waals surface area contributed by atoms with E-state index < -0.39 is 0 Å². The van der Waals surface area contributed by atoms with E-state index in [4.69, 9.17) is 0 Å². The first-order chi connectivity index (χ1) is 12.3. The van der Waals surface area contributed by atoms with E-state index in [0.717, 1.165) is 16.1 Å². The monoisotopic (exact) mass is 370 g/mol. The molecule has 7 nitrogen and oxygen atoms in total. The van der Waals surface area contributed by atoms with E-state index in [0.29, 0.717) is 18.0 Å². The van der Waals surface area contributed by atoms with Crippen LogP contribution in [0.15, 0.2) is 46.5 Å². The SMILES string of the molecule is O=C(NCc1cccs1)NCc1nnc2ccc(-c3ccsc3)nn12. The van der Waals surface area contributed by atoms with Crippen LogP contribution in [0.1, 0.15) is 10.7 Å². The fraction of sp³-hybridized carbons (Fsp3) is 0.125. The van der Waals surface area contributed by atoms with Crippen LogP contribution in [0.4, 0.5) is 4.79 Å². The van der Waals surface area contributed by atoms with Gasteiger partial charge in [-0.15, -0.1) is 21.5 Å². The maximum Gasteiger partial charge on any atom is 0.315 e. The van der Waals surface area contributed by atoms with Crippen molar-refractivity contribution >= 4 is 34.4 Å². The first kappa shape index (κ1) is 15.7. The molecule has 0 radical (unpaired) electrons. The Morgan fingerprint density at radius 1 is 1.08 bits per heavy atom. The first-order valence-electron chi connectivity index (χ1n) is 7.57. The molecule has 0 bridgehead atoms. The van der Waals surface area contributed by atoms with Gasteiger partial charge in [-0.05, 0) is 35.0 Å². The number of thiophene rings is 2. The molecule has 0 aliphatic rings. The minimum atomic E-state index is -0.251. The number of nitrogens with one attached hydrogen (secondary N) is 2. The van der Waals surface area contributed by atoms with Gasteiger partial charge in [0.25, 0.3) is 0 Å². The molecule has 4 aromatic rings. The van der Waals surface area contributed by atoms with Crippen LogP contribution in [0, 0.1) is 0 Å². The van der Waals surface area contributed by atoms with Crippen LogP contribution in [0.25, 0.3) is 16.9 Å². The van der Waals surface area contributed by atoms with Crippen LogP contribution in [-0.2, 0) is 13.1 Å². The molecule has 0 fully saturated rings. The second kappa shape index (κ2) is 6.99. The second-order valence-corrected chi connectivity index (χ2v) is 7.04. The van der Waals surface area contributed by atoms with Crippen molar-refractivity contribution in [2.24, 2.45) is 0 Å². The number of carbonyl (C=O) groups excluding carboxylic acids is 1. The Morgan fingerprint density at radius 2 is 2.00 bits per heavy atom. The average Bonchev–Trinajstić information content (AvgIpc) is 3.39. The summed E-state index contributed by atoms with van der Waals surface area (Å²) in [5.74, 6) is 0.582. The smallest absolute Gasteiger partial charge is 0.315 e. The highest BCUT2D eigenvalue weighted by Crippen LogP contribution is 2.20. The summed E-state index contributed by atoms with van der Waals surface area (Å²) in [6.45, 7) is 0.752. The quantitative estimate of drug-likeness (QED) is 0.566. The number of fused-ring (bicyclic) bond motifs is 1. The summed E-state index contributed by atoms with van der Waals surface area (Å²) in [4.78, 5) is 13.0. The third-order valence-corrected chi connectivity index (χ3v) is 5.11. The van der Waals surface area contributed by atoms with E-state index in [9.17, 15) is 4.79 Å². The van der Waals surface area contributed by atoms with Gasteiger partial charge in [-0.25, -0.2) is 4.79 Å². The summed E-state index contributed by atoms with van der Waals surface area (Å²) in [7, 11) is 0. The lowest BCUT2D eigenvalue weighted by Crippen LogP contribution is -2.34. The molecular weight excluding hydrogens is 356 g/mol. The van der Waals surface area contributed by atoms with Crippen molar-refractivity contribution in [3.63, 3.8) is 0 Å². The summed E-state index contributed by atoms with van der Waals surface area (Å²) < 4.78 is 1.66. The molecule has 2 amide bonds. The van der Waals surface area contributed by atoms with Gasteiger partial charge in [0.15, 0.2) is 11.5 Å². The number of nitrogens with zero attached hydrogens (tertiary/aromatic N) is 4. The minimum absolute atomic E-state index is 0.248. The Balaban J connectivity index is 1.44. The lowest BCUT2D eigenvalue weighted by molar-refractivity contribution is 0.240. The van der Waals surface area contributed by atoms with Crippen LogP contribution in [0.2, 0.25) is 0 Å². The zero-order chi connectivity index (χ0) is 17.1. The van der Waals surface area contributed by atoms with E-state index in [1.54, 1.807) is 27.2 Å². The molecule has 0 unspecified atom stereocenters. The summed E-state index contributed by atoms with van der Waals surface area (Å²) >= 11 is 3.22. The number of aromatic nitrogens is 4. The molecule has 0 aliphatic heterocycles. The molecule has 4 heterocycles. The molecule has 0 spiro atoms. The zero-order valence-corrected chi connectivity index (χ0v) is 14.7. The van der Waals surface area contributed by atoms with Gasteiger partial charge in [-0.3, -0.25) is 0 Å². The van der Waals surface area contributed by atoms with Gasteiger partial charge >= 0.3 is 6.03 Å². The van der Waals surface area contributed by atoms with Crippen LogP contribution >= 0.6 is 22.7 Å². The van der Waals surface area contributed by atoms with Gasteiger partial charge in [0.05, 0.1) is 18.8 Å². The van der Waals surface area contributed by atoms with E-state index in [2.05, 4.69) is 25.9 Å². The molecule has 0 atom stereocenters. The van der Waals surface area contributed by atoms with E-state index in [-0.39, 0.29) is 12.6 Å². The van der Waals surface area contributed by atoms with Gasteiger partial charge in [-0.2, -0.15) is 21.0 Å². The number of carbonyl (C=O) groups is 1. The van der Waals surface area contributed by atoms with Crippen molar-refractivity contribution in [1.82, 2.24) is 30.4 Å². The molecule has 0 aliphatic carbocycles. The molecule has 4 rings (SSSR count). The largest absolute Gasteiger partial charge is 0.333 e. The number of hydrogen-bond donors (Lipinski definition) is 2. The van der Waals surface area contributed by atoms with Gasteiger partial charge in [0.1, 0.15) is 0 Å². The van der Waals surface area contributed by atoms with Crippen LogP contribution in [0.3, 0.4) is 0 Å². The standard InChI is InChI=1S/C16H14N6OS2/c23-16(17-8-12-2-1-6-25-12)18-9-15-20-19-14-4-3-13(21-22(14)15)11-5-7-24-10-11/h1-7,10H,8-9H2,(H2,17,18,23). The summed E-state index contributed by atoms with van der Waals surface area (Å²) in [5, 5.41) is 24.4. The van der Waals surface area contributed by atoms with Crippen molar-refractivity contribution in [3.8, 4) is 11.3 Å². The van der Waals surface area contributed by atoms with Gasteiger partial charge in [0, 0.05) is 15.8 Å². The molecule has 0 saturated heterocycles. The molecule has 9 heteroatoms. The van der Waals surface area contributed by atoms with Crippen molar-refractivity contribution in [2.45, 2.75) is 13.1 Å². The third kappa shape index (κ3) is 3.52. The van der Waals surface area contributed by atoms with Gasteiger partial charge in [0.2, 0.25) is 0 Å². The van der Waals surface area contributed by atoms with Crippen LogP contribution in [0.5, 0.6) is 0 Å². The Bertz CT molecular complexity index is 978. The number of urea groups is 1. The molecular formula is C16H14N6OS2. The number of amides is 2.